The second kappa shape index (κ2) is 8.46. The van der Waals surface area contributed by atoms with Crippen LogP contribution < -0.4 is 11.1 Å². The predicted octanol–water partition coefficient (Wildman–Crippen LogP) is 5.81. The summed E-state index contributed by atoms with van der Waals surface area (Å²) in [6.07, 6.45) is 0.532. The highest BCUT2D eigenvalue weighted by Gasteiger charge is 2.31. The van der Waals surface area contributed by atoms with E-state index in [1.165, 1.54) is 24.7 Å². The van der Waals surface area contributed by atoms with E-state index in [2.05, 4.69) is 25.3 Å². The van der Waals surface area contributed by atoms with E-state index in [-0.39, 0.29) is 34.5 Å². The second-order valence-corrected chi connectivity index (χ2v) is 8.47. The number of rotatable bonds is 4. The van der Waals surface area contributed by atoms with Gasteiger partial charge in [0.05, 0.1) is 11.1 Å². The number of hydrogen-bond donors (Lipinski definition) is 3. The van der Waals surface area contributed by atoms with Crippen molar-refractivity contribution in [2.45, 2.75) is 50.4 Å². The zero-order valence-corrected chi connectivity index (χ0v) is 17.8. The average Bonchev–Trinajstić information content (AvgIpc) is 3.22. The molecule has 178 valence electrons. The largest absolute Gasteiger partial charge is 0.416 e. The van der Waals surface area contributed by atoms with Gasteiger partial charge in [-0.15, -0.1) is 0 Å². The van der Waals surface area contributed by atoms with E-state index in [9.17, 15) is 22.0 Å². The van der Waals surface area contributed by atoms with Crippen molar-refractivity contribution >= 4 is 27.8 Å². The number of nitrogens with zero attached hydrogens (tertiary/aromatic N) is 3. The van der Waals surface area contributed by atoms with Gasteiger partial charge in [-0.05, 0) is 25.0 Å². The third-order valence-electron chi connectivity index (χ3n) is 6.29. The molecule has 0 spiro atoms. The van der Waals surface area contributed by atoms with Crippen molar-refractivity contribution in [1.29, 1.82) is 0 Å². The normalized spacial score (nSPS) is 19.3. The molecule has 4 N–H and O–H groups in total. The average molecular weight is 476 g/mol. The monoisotopic (exact) mass is 476 g/mol. The Morgan fingerprint density at radius 3 is 2.56 bits per heavy atom. The first-order chi connectivity index (χ1) is 16.2. The number of nitrogens with two attached hydrogens (primary N) is 1. The lowest BCUT2D eigenvalue weighted by molar-refractivity contribution is -0.137. The number of nitrogens with one attached hydrogen (secondary N) is 2. The Labute approximate surface area is 190 Å². The molecule has 1 aliphatic rings. The molecule has 0 radical (unpaired) electrons. The number of H-pyrrole nitrogens is 1. The second-order valence-electron chi connectivity index (χ2n) is 8.47. The Morgan fingerprint density at radius 1 is 1.03 bits per heavy atom. The molecule has 1 saturated carbocycles. The van der Waals surface area contributed by atoms with Gasteiger partial charge in [0, 0.05) is 58.1 Å². The van der Waals surface area contributed by atoms with E-state index in [1.54, 1.807) is 0 Å². The molecule has 11 heteroatoms. The summed E-state index contributed by atoms with van der Waals surface area (Å²) in [7, 11) is 0. The highest BCUT2D eigenvalue weighted by molar-refractivity contribution is 6.04. The van der Waals surface area contributed by atoms with Crippen LogP contribution >= 0.6 is 0 Å². The molecule has 1 aromatic carbocycles. The molecule has 3 aromatic heterocycles. The Kier molecular flexibility index (Phi) is 5.59. The summed E-state index contributed by atoms with van der Waals surface area (Å²) in [6, 6.07) is 3.22. The maximum Gasteiger partial charge on any atom is 0.416 e. The minimum atomic E-state index is -4.49. The summed E-state index contributed by atoms with van der Waals surface area (Å²) >= 11 is 0. The van der Waals surface area contributed by atoms with Crippen molar-refractivity contribution < 1.29 is 22.0 Å². The van der Waals surface area contributed by atoms with Crippen LogP contribution in [0.15, 0.2) is 36.8 Å². The predicted molar refractivity (Wildman–Crippen MR) is 118 cm³/mol. The molecule has 0 amide bonds. The van der Waals surface area contributed by atoms with Crippen molar-refractivity contribution in [2.75, 3.05) is 5.32 Å². The number of fused-ring (bicyclic) bond motifs is 2. The van der Waals surface area contributed by atoms with Crippen LogP contribution in [0, 0.1) is 0 Å². The molecular formula is C23H21F5N6. The van der Waals surface area contributed by atoms with Gasteiger partial charge in [0.1, 0.15) is 5.69 Å². The summed E-state index contributed by atoms with van der Waals surface area (Å²) in [5, 5.41) is 3.78. The quantitative estimate of drug-likeness (QED) is 0.323. The number of pyridine rings is 1. The summed E-state index contributed by atoms with van der Waals surface area (Å²) in [6.45, 7) is 0. The Bertz CT molecular complexity index is 1350. The lowest BCUT2D eigenvalue weighted by Gasteiger charge is -2.29. The number of alkyl halides is 5. The first-order valence-electron chi connectivity index (χ1n) is 10.9. The molecule has 4 aromatic rings. The van der Waals surface area contributed by atoms with Crippen molar-refractivity contribution in [1.82, 2.24) is 19.9 Å². The number of aromatic nitrogens is 4. The van der Waals surface area contributed by atoms with Gasteiger partial charge < -0.3 is 16.0 Å². The Morgan fingerprint density at radius 2 is 1.82 bits per heavy atom. The summed E-state index contributed by atoms with van der Waals surface area (Å²) < 4.78 is 66.6. The fourth-order valence-electron chi connectivity index (χ4n) is 4.51. The van der Waals surface area contributed by atoms with E-state index < -0.39 is 23.9 Å². The first kappa shape index (κ1) is 22.5. The molecule has 34 heavy (non-hydrogen) atoms. The summed E-state index contributed by atoms with van der Waals surface area (Å²) in [5.41, 5.74) is 6.35. The van der Waals surface area contributed by atoms with Crippen LogP contribution in [0.1, 0.15) is 43.4 Å². The standard InChI is InChI=1S/C23H21F5N6/c24-21(25)20-15-10-32-22(33-17-4-2-1-3-16(17)29)34-19(15)14(9-31-20)13-8-30-18-7-11(23(26,27)28)5-6-12(13)18/h5-10,16-17,21,30H,1-4,29H2,(H,32,33,34)/t16-,17+/m0/s1. The molecule has 3 heterocycles. The van der Waals surface area contributed by atoms with Crippen molar-refractivity contribution in [3.8, 4) is 11.1 Å². The van der Waals surface area contributed by atoms with Gasteiger partial charge in [-0.2, -0.15) is 13.2 Å². The number of aromatic amines is 1. The fourth-order valence-corrected chi connectivity index (χ4v) is 4.51. The lowest BCUT2D eigenvalue weighted by atomic mass is 9.91. The number of anilines is 1. The molecule has 1 aliphatic carbocycles. The van der Waals surface area contributed by atoms with Crippen LogP contribution in [-0.2, 0) is 6.18 Å². The number of hydrogen-bond acceptors (Lipinski definition) is 5. The molecule has 2 atom stereocenters. The van der Waals surface area contributed by atoms with Crippen molar-refractivity contribution in [3.05, 3.63) is 48.0 Å². The van der Waals surface area contributed by atoms with Crippen LogP contribution in [-0.4, -0.2) is 32.0 Å². The molecule has 1 fully saturated rings. The van der Waals surface area contributed by atoms with Gasteiger partial charge in [0.25, 0.3) is 6.43 Å². The van der Waals surface area contributed by atoms with Gasteiger partial charge in [0.2, 0.25) is 5.95 Å². The van der Waals surface area contributed by atoms with Crippen molar-refractivity contribution in [2.24, 2.45) is 5.73 Å². The molecule has 0 aliphatic heterocycles. The first-order valence-corrected chi connectivity index (χ1v) is 10.9. The molecular weight excluding hydrogens is 455 g/mol. The maximum absolute atomic E-state index is 13.6. The molecule has 0 bridgehead atoms. The number of halogens is 5. The topological polar surface area (TPSA) is 92.5 Å². The summed E-state index contributed by atoms with van der Waals surface area (Å²) in [5.74, 6) is 0.252. The third-order valence-corrected chi connectivity index (χ3v) is 6.29. The fraction of sp³-hybridized carbons (Fsp3) is 0.348. The van der Waals surface area contributed by atoms with E-state index in [4.69, 9.17) is 5.73 Å². The van der Waals surface area contributed by atoms with Gasteiger partial charge in [-0.1, -0.05) is 18.9 Å². The van der Waals surface area contributed by atoms with Gasteiger partial charge in [-0.25, -0.2) is 18.7 Å². The SMILES string of the molecule is N[C@H]1CCCC[C@H]1Nc1ncc2c(C(F)F)ncc(-c3c[nH]c4cc(C(F)(F)F)ccc34)c2n1. The minimum absolute atomic E-state index is 0.0417. The highest BCUT2D eigenvalue weighted by Crippen LogP contribution is 2.38. The highest BCUT2D eigenvalue weighted by atomic mass is 19.4. The van der Waals surface area contributed by atoms with Crippen LogP contribution in [0.25, 0.3) is 32.9 Å². The zero-order chi connectivity index (χ0) is 24.0. The van der Waals surface area contributed by atoms with Gasteiger partial charge in [0.15, 0.2) is 0 Å². The van der Waals surface area contributed by atoms with Gasteiger partial charge >= 0.3 is 6.18 Å². The van der Waals surface area contributed by atoms with E-state index >= 15 is 0 Å². The van der Waals surface area contributed by atoms with Crippen LogP contribution in [0.3, 0.4) is 0 Å². The smallest absolute Gasteiger partial charge is 0.361 e. The molecule has 6 nitrogen and oxygen atoms in total. The van der Waals surface area contributed by atoms with E-state index in [0.717, 1.165) is 37.8 Å². The van der Waals surface area contributed by atoms with Gasteiger partial charge in [-0.3, -0.25) is 4.98 Å². The Balaban J connectivity index is 1.63. The van der Waals surface area contributed by atoms with Crippen LogP contribution in [0.5, 0.6) is 0 Å². The Hall–Kier alpha value is -3.34. The van der Waals surface area contributed by atoms with Crippen molar-refractivity contribution in [3.63, 3.8) is 0 Å². The molecule has 5 rings (SSSR count). The third kappa shape index (κ3) is 4.04. The van der Waals surface area contributed by atoms with Crippen LogP contribution in [0.2, 0.25) is 0 Å². The van der Waals surface area contributed by atoms with Crippen LogP contribution in [0.4, 0.5) is 27.9 Å². The molecule has 0 saturated heterocycles. The van der Waals surface area contributed by atoms with E-state index in [1.807, 2.05) is 0 Å². The zero-order valence-electron chi connectivity index (χ0n) is 17.8. The number of benzene rings is 1. The minimum Gasteiger partial charge on any atom is -0.361 e. The molecule has 0 unspecified atom stereocenters. The lowest BCUT2D eigenvalue weighted by Crippen LogP contribution is -2.42. The maximum atomic E-state index is 13.6. The van der Waals surface area contributed by atoms with E-state index in [0.29, 0.717) is 16.5 Å². The summed E-state index contributed by atoms with van der Waals surface area (Å²) in [4.78, 5) is 15.5.